The first-order valence-corrected chi connectivity index (χ1v) is 9.36. The van der Waals surface area contributed by atoms with Gasteiger partial charge in [0.25, 0.3) is 0 Å². The standard InChI is InChI=1S/C24H18N4O/c29-24(18-10-4-1-5-11-18,19-12-6-2-7-13-19)22-21-16-27-28(23(21)26-17-25-22)20-14-8-3-9-15-20/h1-17,29H. The second-order valence-electron chi connectivity index (χ2n) is 6.79. The Morgan fingerprint density at radius 1 is 0.690 bits per heavy atom. The molecule has 2 heterocycles. The molecule has 140 valence electrons. The summed E-state index contributed by atoms with van der Waals surface area (Å²) in [6.45, 7) is 0. The highest BCUT2D eigenvalue weighted by Crippen LogP contribution is 2.38. The molecule has 0 saturated carbocycles. The molecule has 0 amide bonds. The largest absolute Gasteiger partial charge is 0.374 e. The van der Waals surface area contributed by atoms with Gasteiger partial charge in [-0.25, -0.2) is 14.6 Å². The van der Waals surface area contributed by atoms with Crippen molar-refractivity contribution < 1.29 is 5.11 Å². The first kappa shape index (κ1) is 17.3. The predicted molar refractivity (Wildman–Crippen MR) is 112 cm³/mol. The van der Waals surface area contributed by atoms with Crippen LogP contribution in [-0.4, -0.2) is 24.9 Å². The summed E-state index contributed by atoms with van der Waals surface area (Å²) in [5.41, 5.74) is 2.08. The molecule has 0 aliphatic carbocycles. The average molecular weight is 378 g/mol. The summed E-state index contributed by atoms with van der Waals surface area (Å²) in [6.07, 6.45) is 3.20. The topological polar surface area (TPSA) is 63.8 Å². The third-order valence-electron chi connectivity index (χ3n) is 5.09. The molecule has 0 spiro atoms. The Morgan fingerprint density at radius 3 is 1.83 bits per heavy atom. The van der Waals surface area contributed by atoms with Crippen molar-refractivity contribution in [2.75, 3.05) is 0 Å². The molecule has 1 N–H and O–H groups in total. The summed E-state index contributed by atoms with van der Waals surface area (Å²) in [7, 11) is 0. The van der Waals surface area contributed by atoms with Crippen molar-refractivity contribution in [1.82, 2.24) is 19.7 Å². The Balaban J connectivity index is 1.79. The van der Waals surface area contributed by atoms with E-state index in [0.717, 1.165) is 16.8 Å². The zero-order valence-corrected chi connectivity index (χ0v) is 15.6. The smallest absolute Gasteiger partial charge is 0.166 e. The van der Waals surface area contributed by atoms with Crippen LogP contribution in [0.15, 0.2) is 104 Å². The maximum Gasteiger partial charge on any atom is 0.166 e. The van der Waals surface area contributed by atoms with Crippen molar-refractivity contribution in [3.63, 3.8) is 0 Å². The van der Waals surface area contributed by atoms with E-state index in [-0.39, 0.29) is 0 Å². The van der Waals surface area contributed by atoms with Crippen LogP contribution in [0.3, 0.4) is 0 Å². The third-order valence-corrected chi connectivity index (χ3v) is 5.09. The lowest BCUT2D eigenvalue weighted by molar-refractivity contribution is 0.122. The molecule has 0 saturated heterocycles. The van der Waals surface area contributed by atoms with Crippen LogP contribution >= 0.6 is 0 Å². The molecule has 3 aromatic carbocycles. The fourth-order valence-corrected chi connectivity index (χ4v) is 3.69. The molecule has 5 aromatic rings. The van der Waals surface area contributed by atoms with Gasteiger partial charge in [0, 0.05) is 0 Å². The lowest BCUT2D eigenvalue weighted by Crippen LogP contribution is -2.30. The van der Waals surface area contributed by atoms with E-state index in [1.165, 1.54) is 6.33 Å². The zero-order chi connectivity index (χ0) is 19.7. The fourth-order valence-electron chi connectivity index (χ4n) is 3.69. The summed E-state index contributed by atoms with van der Waals surface area (Å²) in [4.78, 5) is 8.98. The highest BCUT2D eigenvalue weighted by Gasteiger charge is 2.37. The average Bonchev–Trinajstić information content (AvgIpc) is 3.24. The van der Waals surface area contributed by atoms with Gasteiger partial charge in [-0.3, -0.25) is 0 Å². The lowest BCUT2D eigenvalue weighted by atomic mass is 9.82. The Kier molecular flexibility index (Phi) is 4.15. The first-order valence-electron chi connectivity index (χ1n) is 9.36. The van der Waals surface area contributed by atoms with Crippen LogP contribution in [0.4, 0.5) is 0 Å². The molecule has 0 atom stereocenters. The van der Waals surface area contributed by atoms with E-state index in [1.807, 2.05) is 91.0 Å². The van der Waals surface area contributed by atoms with E-state index in [1.54, 1.807) is 10.9 Å². The summed E-state index contributed by atoms with van der Waals surface area (Å²) in [5.74, 6) is 0. The van der Waals surface area contributed by atoms with E-state index in [4.69, 9.17) is 0 Å². The summed E-state index contributed by atoms with van der Waals surface area (Å²) in [6, 6.07) is 28.9. The van der Waals surface area contributed by atoms with Crippen molar-refractivity contribution >= 4 is 11.0 Å². The van der Waals surface area contributed by atoms with Crippen LogP contribution in [0.1, 0.15) is 16.8 Å². The molecule has 0 radical (unpaired) electrons. The minimum Gasteiger partial charge on any atom is -0.374 e. The number of nitrogens with zero attached hydrogens (tertiary/aromatic N) is 4. The number of para-hydroxylation sites is 1. The number of aromatic nitrogens is 4. The normalized spacial score (nSPS) is 11.6. The minimum atomic E-state index is -1.44. The highest BCUT2D eigenvalue weighted by atomic mass is 16.3. The quantitative estimate of drug-likeness (QED) is 0.511. The van der Waals surface area contributed by atoms with Crippen LogP contribution in [0.5, 0.6) is 0 Å². The Labute approximate surface area is 167 Å². The van der Waals surface area contributed by atoms with E-state index >= 15 is 0 Å². The predicted octanol–water partition coefficient (Wildman–Crippen LogP) is 4.10. The number of fused-ring (bicyclic) bond motifs is 1. The molecule has 0 aliphatic heterocycles. The van der Waals surface area contributed by atoms with Crippen molar-refractivity contribution in [2.45, 2.75) is 5.60 Å². The van der Waals surface area contributed by atoms with Gasteiger partial charge in [0.2, 0.25) is 0 Å². The van der Waals surface area contributed by atoms with E-state index in [0.29, 0.717) is 16.7 Å². The monoisotopic (exact) mass is 378 g/mol. The van der Waals surface area contributed by atoms with Gasteiger partial charge < -0.3 is 5.11 Å². The fraction of sp³-hybridized carbons (Fsp3) is 0.0417. The lowest BCUT2D eigenvalue weighted by Gasteiger charge is -2.29. The van der Waals surface area contributed by atoms with E-state index in [2.05, 4.69) is 15.1 Å². The Morgan fingerprint density at radius 2 is 1.24 bits per heavy atom. The molecular formula is C24H18N4O. The number of hydrogen-bond acceptors (Lipinski definition) is 4. The SMILES string of the molecule is OC(c1ccccc1)(c1ccccc1)c1ncnc2c1cnn2-c1ccccc1. The molecule has 5 heteroatoms. The van der Waals surface area contributed by atoms with E-state index in [9.17, 15) is 5.11 Å². The van der Waals surface area contributed by atoms with Crippen LogP contribution in [-0.2, 0) is 5.60 Å². The number of rotatable bonds is 4. The summed E-state index contributed by atoms with van der Waals surface area (Å²) >= 11 is 0. The van der Waals surface area contributed by atoms with Gasteiger partial charge in [0.15, 0.2) is 11.2 Å². The van der Waals surface area contributed by atoms with Crippen molar-refractivity contribution in [3.8, 4) is 5.69 Å². The molecule has 0 bridgehead atoms. The zero-order valence-electron chi connectivity index (χ0n) is 15.6. The maximum absolute atomic E-state index is 12.1. The number of hydrogen-bond donors (Lipinski definition) is 1. The molecule has 5 nitrogen and oxygen atoms in total. The number of aliphatic hydroxyl groups is 1. The van der Waals surface area contributed by atoms with Crippen LogP contribution in [0.2, 0.25) is 0 Å². The molecule has 0 aliphatic rings. The van der Waals surface area contributed by atoms with Gasteiger partial charge >= 0.3 is 0 Å². The molecule has 5 rings (SSSR count). The third kappa shape index (κ3) is 2.80. The van der Waals surface area contributed by atoms with Crippen LogP contribution in [0.25, 0.3) is 16.7 Å². The molecular weight excluding hydrogens is 360 g/mol. The van der Waals surface area contributed by atoms with Crippen LogP contribution < -0.4 is 0 Å². The molecule has 29 heavy (non-hydrogen) atoms. The second kappa shape index (κ2) is 6.96. The van der Waals surface area contributed by atoms with Gasteiger partial charge in [-0.05, 0) is 23.3 Å². The van der Waals surface area contributed by atoms with Gasteiger partial charge in [0.1, 0.15) is 6.33 Å². The van der Waals surface area contributed by atoms with Gasteiger partial charge in [-0.15, -0.1) is 0 Å². The van der Waals surface area contributed by atoms with Gasteiger partial charge in [-0.1, -0.05) is 78.9 Å². The van der Waals surface area contributed by atoms with Gasteiger partial charge in [-0.2, -0.15) is 5.10 Å². The maximum atomic E-state index is 12.1. The summed E-state index contributed by atoms with van der Waals surface area (Å²) < 4.78 is 1.76. The van der Waals surface area contributed by atoms with Crippen molar-refractivity contribution in [2.24, 2.45) is 0 Å². The first-order chi connectivity index (χ1) is 14.3. The Hall–Kier alpha value is -3.83. The molecule has 2 aromatic heterocycles. The van der Waals surface area contributed by atoms with Gasteiger partial charge in [0.05, 0.1) is 23.0 Å². The van der Waals surface area contributed by atoms with Crippen LogP contribution in [0, 0.1) is 0 Å². The molecule has 0 unspecified atom stereocenters. The molecule has 0 fully saturated rings. The highest BCUT2D eigenvalue weighted by molar-refractivity contribution is 5.81. The summed E-state index contributed by atoms with van der Waals surface area (Å²) in [5, 5.41) is 17.3. The van der Waals surface area contributed by atoms with Crippen molar-refractivity contribution in [3.05, 3.63) is 120 Å². The van der Waals surface area contributed by atoms with Crippen molar-refractivity contribution in [1.29, 1.82) is 0 Å². The number of benzene rings is 3. The van der Waals surface area contributed by atoms with E-state index < -0.39 is 5.60 Å². The second-order valence-corrected chi connectivity index (χ2v) is 6.79. The Bertz CT molecular complexity index is 1210. The minimum absolute atomic E-state index is 0.502.